The molecule has 31 heavy (non-hydrogen) atoms. The average molecular weight is 466 g/mol. The van der Waals surface area contributed by atoms with Gasteiger partial charge in [0.15, 0.2) is 5.13 Å². The van der Waals surface area contributed by atoms with Crippen LogP contribution in [-0.4, -0.2) is 49.2 Å². The van der Waals surface area contributed by atoms with Crippen LogP contribution in [0.25, 0.3) is 0 Å². The molecule has 1 aliphatic rings. The third-order valence-corrected chi connectivity index (χ3v) is 7.94. The third kappa shape index (κ3) is 5.69. The van der Waals surface area contributed by atoms with Crippen LogP contribution < -0.4 is 4.90 Å². The van der Waals surface area contributed by atoms with Crippen molar-refractivity contribution in [2.24, 2.45) is 0 Å². The van der Waals surface area contributed by atoms with E-state index in [1.165, 1.54) is 46.8 Å². The number of carbonyl (C=O) groups excluding carboxylic acids is 2. The second-order valence-corrected chi connectivity index (χ2v) is 10.1. The molecule has 8 nitrogen and oxygen atoms in total. The van der Waals surface area contributed by atoms with Crippen LogP contribution in [0.3, 0.4) is 0 Å². The van der Waals surface area contributed by atoms with Gasteiger partial charge in [0.2, 0.25) is 15.9 Å². The van der Waals surface area contributed by atoms with Crippen molar-refractivity contribution >= 4 is 38.4 Å². The van der Waals surface area contributed by atoms with Gasteiger partial charge in [0.05, 0.1) is 16.2 Å². The van der Waals surface area contributed by atoms with Crippen molar-refractivity contribution in [1.82, 2.24) is 9.29 Å². The van der Waals surface area contributed by atoms with Gasteiger partial charge in [-0.3, -0.25) is 9.69 Å². The van der Waals surface area contributed by atoms with Crippen molar-refractivity contribution in [2.75, 3.05) is 24.5 Å². The molecular weight excluding hydrogens is 438 g/mol. The number of thiazole rings is 1. The predicted octanol–water partition coefficient (Wildman–Crippen LogP) is 3.44. The molecule has 10 heteroatoms. The number of carbonyl (C=O) groups is 2. The fourth-order valence-electron chi connectivity index (χ4n) is 3.40. The number of sulfonamides is 1. The summed E-state index contributed by atoms with van der Waals surface area (Å²) in [5, 5.41) is 2.30. The Morgan fingerprint density at radius 3 is 2.35 bits per heavy atom. The van der Waals surface area contributed by atoms with Crippen molar-refractivity contribution in [1.29, 1.82) is 0 Å². The van der Waals surface area contributed by atoms with Gasteiger partial charge < -0.3 is 4.74 Å². The van der Waals surface area contributed by atoms with Crippen LogP contribution in [0, 0.1) is 0 Å². The Labute approximate surface area is 186 Å². The van der Waals surface area contributed by atoms with E-state index in [0.29, 0.717) is 30.5 Å². The number of esters is 1. The number of ether oxygens (including phenoxy) is 1. The topological polar surface area (TPSA) is 96.9 Å². The third-order valence-electron chi connectivity index (χ3n) is 5.11. The van der Waals surface area contributed by atoms with E-state index < -0.39 is 16.0 Å². The van der Waals surface area contributed by atoms with E-state index in [9.17, 15) is 18.0 Å². The van der Waals surface area contributed by atoms with Gasteiger partial charge in [-0.2, -0.15) is 4.31 Å². The second-order valence-electron chi connectivity index (χ2n) is 7.30. The van der Waals surface area contributed by atoms with Crippen molar-refractivity contribution in [3.8, 4) is 0 Å². The standard InChI is InChI=1S/C21H27N3O5S2/c1-3-24(16(2)25)21-22-18(15-30-21)14-29-20(26)17-8-10-19(11-9-17)31(27,28)23-12-6-4-5-7-13-23/h8-11,15H,3-7,12-14H2,1-2H3. The lowest BCUT2D eigenvalue weighted by Crippen LogP contribution is -2.31. The molecule has 3 rings (SSSR count). The smallest absolute Gasteiger partial charge is 0.338 e. The van der Waals surface area contributed by atoms with Crippen LogP contribution in [0.1, 0.15) is 55.6 Å². The molecule has 168 valence electrons. The van der Waals surface area contributed by atoms with Gasteiger partial charge in [-0.15, -0.1) is 11.3 Å². The highest BCUT2D eigenvalue weighted by atomic mass is 32.2. The van der Waals surface area contributed by atoms with Crippen LogP contribution in [-0.2, 0) is 26.2 Å². The van der Waals surface area contributed by atoms with Crippen molar-refractivity contribution in [3.05, 3.63) is 40.9 Å². The summed E-state index contributed by atoms with van der Waals surface area (Å²) >= 11 is 1.31. The monoisotopic (exact) mass is 465 g/mol. The molecule has 0 radical (unpaired) electrons. The quantitative estimate of drug-likeness (QED) is 0.581. The van der Waals surface area contributed by atoms with Crippen LogP contribution in [0.5, 0.6) is 0 Å². The minimum Gasteiger partial charge on any atom is -0.456 e. The molecule has 1 aromatic carbocycles. The Kier molecular flexibility index (Phi) is 7.79. The fourth-order valence-corrected chi connectivity index (χ4v) is 5.83. The molecule has 0 bridgehead atoms. The Balaban J connectivity index is 1.62. The molecule has 0 atom stereocenters. The largest absolute Gasteiger partial charge is 0.456 e. The highest BCUT2D eigenvalue weighted by molar-refractivity contribution is 7.89. The zero-order valence-corrected chi connectivity index (χ0v) is 19.4. The number of aromatic nitrogens is 1. The number of hydrogen-bond donors (Lipinski definition) is 0. The molecule has 0 unspecified atom stereocenters. The molecule has 0 N–H and O–H groups in total. The lowest BCUT2D eigenvalue weighted by molar-refractivity contribution is -0.116. The summed E-state index contributed by atoms with van der Waals surface area (Å²) in [6.45, 7) is 4.87. The molecule has 2 heterocycles. The normalized spacial score (nSPS) is 15.3. The maximum Gasteiger partial charge on any atom is 0.338 e. The maximum absolute atomic E-state index is 12.8. The maximum atomic E-state index is 12.8. The van der Waals surface area contributed by atoms with Crippen molar-refractivity contribution in [2.45, 2.75) is 51.0 Å². The Bertz CT molecular complexity index is 1010. The van der Waals surface area contributed by atoms with E-state index >= 15 is 0 Å². The minimum absolute atomic E-state index is 0.0291. The molecule has 0 spiro atoms. The minimum atomic E-state index is -3.56. The molecule has 1 amide bonds. The number of nitrogens with zero attached hydrogens (tertiary/aromatic N) is 3. The van der Waals surface area contributed by atoms with Crippen molar-refractivity contribution in [3.63, 3.8) is 0 Å². The first-order chi connectivity index (χ1) is 14.8. The van der Waals surface area contributed by atoms with E-state index in [1.807, 2.05) is 6.92 Å². The van der Waals surface area contributed by atoms with Gasteiger partial charge in [-0.1, -0.05) is 12.8 Å². The second kappa shape index (κ2) is 10.3. The van der Waals surface area contributed by atoms with Gasteiger partial charge in [0.25, 0.3) is 0 Å². The molecule has 1 aromatic heterocycles. The van der Waals surface area contributed by atoms with Gasteiger partial charge in [-0.25, -0.2) is 18.2 Å². The summed E-state index contributed by atoms with van der Waals surface area (Å²) in [6, 6.07) is 5.83. The van der Waals surface area contributed by atoms with E-state index in [-0.39, 0.29) is 23.0 Å². The van der Waals surface area contributed by atoms with Gasteiger partial charge >= 0.3 is 5.97 Å². The zero-order chi connectivity index (χ0) is 22.4. The molecule has 0 aliphatic carbocycles. The van der Waals surface area contributed by atoms with E-state index in [2.05, 4.69) is 4.98 Å². The van der Waals surface area contributed by atoms with E-state index in [4.69, 9.17) is 4.74 Å². The predicted molar refractivity (Wildman–Crippen MR) is 119 cm³/mol. The summed E-state index contributed by atoms with van der Waals surface area (Å²) < 4.78 is 32.5. The SMILES string of the molecule is CCN(C(C)=O)c1nc(COC(=O)c2ccc(S(=O)(=O)N3CCCCCC3)cc2)cs1. The Hall–Kier alpha value is -2.30. The molecule has 2 aromatic rings. The summed E-state index contributed by atoms with van der Waals surface area (Å²) in [6.07, 6.45) is 3.82. The Morgan fingerprint density at radius 2 is 1.77 bits per heavy atom. The van der Waals surface area contributed by atoms with Gasteiger partial charge in [-0.05, 0) is 44.0 Å². The fraction of sp³-hybridized carbons (Fsp3) is 0.476. The van der Waals surface area contributed by atoms with Crippen molar-refractivity contribution < 1.29 is 22.7 Å². The number of rotatable bonds is 7. The Morgan fingerprint density at radius 1 is 1.13 bits per heavy atom. The first-order valence-corrected chi connectivity index (χ1v) is 12.6. The summed E-state index contributed by atoms with van der Waals surface area (Å²) in [7, 11) is -3.56. The van der Waals surface area contributed by atoms with Crippen LogP contribution in [0.4, 0.5) is 5.13 Å². The summed E-state index contributed by atoms with van der Waals surface area (Å²) in [4.78, 5) is 30.0. The zero-order valence-electron chi connectivity index (χ0n) is 17.7. The molecule has 1 fully saturated rings. The number of hydrogen-bond acceptors (Lipinski definition) is 7. The van der Waals surface area contributed by atoms with Crippen LogP contribution in [0.15, 0.2) is 34.5 Å². The molecule has 0 saturated carbocycles. The van der Waals surface area contributed by atoms with Gasteiger partial charge in [0, 0.05) is 31.9 Å². The van der Waals surface area contributed by atoms with Crippen LogP contribution >= 0.6 is 11.3 Å². The summed E-state index contributed by atoms with van der Waals surface area (Å²) in [5.41, 5.74) is 0.817. The van der Waals surface area contributed by atoms with Gasteiger partial charge in [0.1, 0.15) is 6.61 Å². The number of amides is 1. The number of anilines is 1. The average Bonchev–Trinajstić information content (AvgIpc) is 3.03. The summed E-state index contributed by atoms with van der Waals surface area (Å²) in [5.74, 6) is -0.664. The van der Waals surface area contributed by atoms with E-state index in [0.717, 1.165) is 25.7 Å². The van der Waals surface area contributed by atoms with E-state index in [1.54, 1.807) is 10.3 Å². The highest BCUT2D eigenvalue weighted by Gasteiger charge is 2.25. The number of benzene rings is 1. The first kappa shape index (κ1) is 23.4. The molecule has 1 saturated heterocycles. The lowest BCUT2D eigenvalue weighted by Gasteiger charge is -2.19. The molecule has 1 aliphatic heterocycles. The van der Waals surface area contributed by atoms with Crippen LogP contribution in [0.2, 0.25) is 0 Å². The first-order valence-electron chi connectivity index (χ1n) is 10.3. The molecular formula is C21H27N3O5S2. The highest BCUT2D eigenvalue weighted by Crippen LogP contribution is 2.23. The lowest BCUT2D eigenvalue weighted by atomic mass is 10.2.